The van der Waals surface area contributed by atoms with Gasteiger partial charge in [0.05, 0.1) is 31.1 Å². The molecule has 0 aliphatic carbocycles. The van der Waals surface area contributed by atoms with Crippen LogP contribution < -0.4 is 4.74 Å². The molecule has 7 heteroatoms. The lowest BCUT2D eigenvalue weighted by molar-refractivity contribution is -0.189. The molecule has 2 heterocycles. The molecule has 2 atom stereocenters. The summed E-state index contributed by atoms with van der Waals surface area (Å²) >= 11 is 0. The Morgan fingerprint density at radius 1 is 1.06 bits per heavy atom. The lowest BCUT2D eigenvalue weighted by Crippen LogP contribution is -2.34. The fourth-order valence-electron chi connectivity index (χ4n) is 4.04. The van der Waals surface area contributed by atoms with E-state index in [2.05, 4.69) is 11.1 Å². The third-order valence-corrected chi connectivity index (χ3v) is 5.85. The van der Waals surface area contributed by atoms with Gasteiger partial charge in [-0.25, -0.2) is 4.98 Å². The third-order valence-electron chi connectivity index (χ3n) is 5.85. The molecule has 1 aliphatic heterocycles. The summed E-state index contributed by atoms with van der Waals surface area (Å²) in [7, 11) is 0. The van der Waals surface area contributed by atoms with Gasteiger partial charge in [0.15, 0.2) is 5.78 Å². The van der Waals surface area contributed by atoms with Crippen LogP contribution in [-0.4, -0.2) is 34.7 Å². The molecule has 7 nitrogen and oxygen atoms in total. The molecule has 1 aromatic heterocycles. The zero-order valence-electron chi connectivity index (χ0n) is 18.9. The van der Waals surface area contributed by atoms with Crippen LogP contribution in [0.15, 0.2) is 97.6 Å². The summed E-state index contributed by atoms with van der Waals surface area (Å²) < 4.78 is 20.4. The minimum atomic E-state index is -1.02. The Kier molecular flexibility index (Phi) is 6.40. The van der Waals surface area contributed by atoms with E-state index in [0.717, 1.165) is 5.56 Å². The number of carbonyl (C=O) groups excluding carboxylic acids is 1. The number of aromatic nitrogens is 2. The highest BCUT2D eigenvalue weighted by molar-refractivity contribution is 6.08. The van der Waals surface area contributed by atoms with Gasteiger partial charge in [0.2, 0.25) is 5.79 Å². The average molecular weight is 466 g/mol. The summed E-state index contributed by atoms with van der Waals surface area (Å²) in [5, 5.41) is 9.13. The first-order valence-corrected chi connectivity index (χ1v) is 11.3. The van der Waals surface area contributed by atoms with E-state index in [0.29, 0.717) is 35.6 Å². The van der Waals surface area contributed by atoms with Gasteiger partial charge >= 0.3 is 0 Å². The number of nitrogens with zero attached hydrogens (tertiary/aromatic N) is 3. The maximum absolute atomic E-state index is 12.6. The second-order valence-corrected chi connectivity index (χ2v) is 8.26. The van der Waals surface area contributed by atoms with Crippen LogP contribution in [0.1, 0.15) is 27.0 Å². The van der Waals surface area contributed by atoms with Crippen LogP contribution in [0.25, 0.3) is 0 Å². The number of hydrogen-bond acceptors (Lipinski definition) is 6. The molecular weight excluding hydrogens is 442 g/mol. The van der Waals surface area contributed by atoms with Gasteiger partial charge in [-0.15, -0.1) is 0 Å². The molecule has 3 aromatic carbocycles. The molecule has 5 rings (SSSR count). The molecule has 0 radical (unpaired) electrons. The predicted octanol–water partition coefficient (Wildman–Crippen LogP) is 4.33. The van der Waals surface area contributed by atoms with Crippen LogP contribution in [0.4, 0.5) is 0 Å². The van der Waals surface area contributed by atoms with Crippen molar-refractivity contribution in [3.05, 3.63) is 120 Å². The third kappa shape index (κ3) is 4.99. The molecule has 1 fully saturated rings. The van der Waals surface area contributed by atoms with Crippen molar-refractivity contribution >= 4 is 5.78 Å². The lowest BCUT2D eigenvalue weighted by atomic mass is 10.0. The van der Waals surface area contributed by atoms with E-state index in [1.54, 1.807) is 61.1 Å². The van der Waals surface area contributed by atoms with Crippen molar-refractivity contribution in [1.82, 2.24) is 9.55 Å². The second-order valence-electron chi connectivity index (χ2n) is 8.26. The van der Waals surface area contributed by atoms with Crippen LogP contribution in [-0.2, 0) is 21.8 Å². The average Bonchev–Trinajstić information content (AvgIpc) is 3.59. The highest BCUT2D eigenvalue weighted by Gasteiger charge is 2.44. The first-order chi connectivity index (χ1) is 17.1. The van der Waals surface area contributed by atoms with Crippen LogP contribution in [0, 0.1) is 11.3 Å². The molecule has 1 saturated heterocycles. The monoisotopic (exact) mass is 465 g/mol. The zero-order valence-corrected chi connectivity index (χ0v) is 18.9. The summed E-state index contributed by atoms with van der Waals surface area (Å²) in [6.45, 7) is 1.04. The van der Waals surface area contributed by atoms with E-state index in [-0.39, 0.29) is 18.5 Å². The Balaban J connectivity index is 1.25. The van der Waals surface area contributed by atoms with E-state index in [9.17, 15) is 4.79 Å². The topological polar surface area (TPSA) is 86.4 Å². The van der Waals surface area contributed by atoms with Gasteiger partial charge < -0.3 is 18.8 Å². The number of ether oxygens (including phenoxy) is 3. The van der Waals surface area contributed by atoms with Crippen molar-refractivity contribution < 1.29 is 19.0 Å². The Morgan fingerprint density at radius 2 is 1.80 bits per heavy atom. The Labute approximate surface area is 203 Å². The fourth-order valence-corrected chi connectivity index (χ4v) is 4.04. The van der Waals surface area contributed by atoms with Gasteiger partial charge in [-0.3, -0.25) is 4.79 Å². The number of rotatable bonds is 8. The largest absolute Gasteiger partial charge is 0.491 e. The standard InChI is InChI=1S/C28H23N3O4/c29-16-21-6-10-24(11-7-21)28(19-31-15-14-30-20-31)34-18-26(35-28)17-33-25-12-8-23(9-13-25)27(32)22-4-2-1-3-5-22/h1-15,20,26H,17-19H2/t26-,28+/m1/s1. The molecule has 0 unspecified atom stereocenters. The first-order valence-electron chi connectivity index (χ1n) is 11.3. The zero-order chi connectivity index (χ0) is 24.1. The van der Waals surface area contributed by atoms with Crippen molar-refractivity contribution in [3.8, 4) is 11.8 Å². The van der Waals surface area contributed by atoms with Gasteiger partial charge in [-0.2, -0.15) is 5.26 Å². The Hall–Kier alpha value is -4.25. The highest BCUT2D eigenvalue weighted by atomic mass is 16.8. The summed E-state index contributed by atoms with van der Waals surface area (Å²) in [6, 6.07) is 25.6. The number of benzene rings is 3. The van der Waals surface area contributed by atoms with Crippen LogP contribution in [0.5, 0.6) is 5.75 Å². The molecule has 174 valence electrons. The van der Waals surface area contributed by atoms with Crippen LogP contribution in [0.3, 0.4) is 0 Å². The van der Waals surface area contributed by atoms with E-state index in [1.807, 2.05) is 41.1 Å². The number of ketones is 1. The van der Waals surface area contributed by atoms with Crippen molar-refractivity contribution in [2.45, 2.75) is 18.4 Å². The summed E-state index contributed by atoms with van der Waals surface area (Å²) in [4.78, 5) is 16.7. The number of nitriles is 1. The van der Waals surface area contributed by atoms with Gasteiger partial charge in [0, 0.05) is 29.1 Å². The molecule has 35 heavy (non-hydrogen) atoms. The van der Waals surface area contributed by atoms with Crippen LogP contribution >= 0.6 is 0 Å². The van der Waals surface area contributed by atoms with E-state index in [4.69, 9.17) is 19.5 Å². The SMILES string of the molecule is N#Cc1ccc([C@@]2(Cn3ccnc3)OC[C@@H](COc3ccc(C(=O)c4ccccc4)cc3)O2)cc1. The molecule has 0 spiro atoms. The maximum Gasteiger partial charge on any atom is 0.214 e. The Bertz CT molecular complexity index is 1310. The first kappa shape index (κ1) is 22.5. The van der Waals surface area contributed by atoms with Crippen molar-refractivity contribution in [2.75, 3.05) is 13.2 Å². The maximum atomic E-state index is 12.6. The van der Waals surface area contributed by atoms with Gasteiger partial charge in [-0.1, -0.05) is 42.5 Å². The van der Waals surface area contributed by atoms with E-state index >= 15 is 0 Å². The van der Waals surface area contributed by atoms with Crippen LogP contribution in [0.2, 0.25) is 0 Å². The highest BCUT2D eigenvalue weighted by Crippen LogP contribution is 2.36. The molecule has 0 bridgehead atoms. The number of carbonyl (C=O) groups is 1. The minimum Gasteiger partial charge on any atom is -0.491 e. The minimum absolute atomic E-state index is 0.0311. The molecule has 0 N–H and O–H groups in total. The summed E-state index contributed by atoms with van der Waals surface area (Å²) in [5.41, 5.74) is 2.63. The smallest absolute Gasteiger partial charge is 0.214 e. The van der Waals surface area contributed by atoms with E-state index < -0.39 is 5.79 Å². The summed E-state index contributed by atoms with van der Waals surface area (Å²) in [6.07, 6.45) is 4.95. The fraction of sp³-hybridized carbons (Fsp3) is 0.179. The lowest BCUT2D eigenvalue weighted by Gasteiger charge is -2.29. The quantitative estimate of drug-likeness (QED) is 0.360. The van der Waals surface area contributed by atoms with Crippen molar-refractivity contribution in [1.29, 1.82) is 5.26 Å². The number of hydrogen-bond donors (Lipinski definition) is 0. The molecule has 0 amide bonds. The normalized spacial score (nSPS) is 19.2. The van der Waals surface area contributed by atoms with Gasteiger partial charge in [0.1, 0.15) is 18.5 Å². The van der Waals surface area contributed by atoms with Crippen molar-refractivity contribution in [2.24, 2.45) is 0 Å². The van der Waals surface area contributed by atoms with Gasteiger partial charge in [0.25, 0.3) is 0 Å². The second kappa shape index (κ2) is 9.94. The Morgan fingerprint density at radius 3 is 2.49 bits per heavy atom. The van der Waals surface area contributed by atoms with Crippen molar-refractivity contribution in [3.63, 3.8) is 0 Å². The molecular formula is C28H23N3O4. The molecule has 4 aromatic rings. The predicted molar refractivity (Wildman–Crippen MR) is 128 cm³/mol. The van der Waals surface area contributed by atoms with E-state index in [1.165, 1.54) is 0 Å². The summed E-state index contributed by atoms with van der Waals surface area (Å²) in [5.74, 6) is -0.408. The molecule has 0 saturated carbocycles. The number of imidazole rings is 1. The molecule has 1 aliphatic rings. The van der Waals surface area contributed by atoms with Gasteiger partial charge in [-0.05, 0) is 36.4 Å².